The minimum absolute atomic E-state index is 0. The van der Waals surface area contributed by atoms with E-state index >= 15 is 0 Å². The first-order chi connectivity index (χ1) is 11.3. The molecule has 0 aromatic carbocycles. The van der Waals surface area contributed by atoms with E-state index in [1.54, 1.807) is 6.92 Å². The van der Waals surface area contributed by atoms with Crippen molar-refractivity contribution in [1.29, 1.82) is 0 Å². The van der Waals surface area contributed by atoms with E-state index in [4.69, 9.17) is 10.2 Å². The summed E-state index contributed by atoms with van der Waals surface area (Å²) in [7, 11) is 0. The molecule has 0 aromatic rings. The molecule has 7 nitrogen and oxygen atoms in total. The minimum Gasteiger partial charge on any atom is -0.481 e. The Kier molecular flexibility index (Phi) is 23.0. The zero-order chi connectivity index (χ0) is 18.8. The number of aliphatic carboxylic acids is 2. The van der Waals surface area contributed by atoms with Crippen molar-refractivity contribution in [2.24, 2.45) is 0 Å². The third kappa shape index (κ3) is 24.7. The zero-order valence-corrected chi connectivity index (χ0v) is 16.2. The third-order valence-corrected chi connectivity index (χ3v) is 3.56. The number of carbonyl (C=O) groups excluding carboxylic acids is 1. The Bertz CT molecular complexity index is 348. The number of hydrogen-bond donors (Lipinski definition) is 4. The van der Waals surface area contributed by atoms with Gasteiger partial charge >= 0.3 is 11.9 Å². The molecule has 0 fully saturated rings. The van der Waals surface area contributed by atoms with E-state index in [0.29, 0.717) is 6.42 Å². The lowest BCUT2D eigenvalue weighted by Gasteiger charge is -2.08. The molecule has 1 unspecified atom stereocenters. The lowest BCUT2D eigenvalue weighted by atomic mass is 10.1. The number of nitrogens with one attached hydrogen (secondary N) is 1. The van der Waals surface area contributed by atoms with Crippen molar-refractivity contribution < 1.29 is 24.6 Å². The number of unbranched alkanes of at least 4 members (excludes halogenated alkanes) is 8. The maximum absolute atomic E-state index is 11.4. The molecule has 0 bridgehead atoms. The Morgan fingerprint density at radius 3 is 1.60 bits per heavy atom. The molecule has 0 aliphatic carbocycles. The summed E-state index contributed by atoms with van der Waals surface area (Å²) >= 11 is 0. The monoisotopic (exact) mass is 362 g/mol. The Balaban J connectivity index is -0.000000704. The SMILES string of the molecule is CCC(=O)O.CCCCCCCCCCCC(=O)NC(C)C(=O)O.N. The second-order valence-corrected chi connectivity index (χ2v) is 5.95. The molecular formula is C18H38N2O5. The maximum atomic E-state index is 11.4. The van der Waals surface area contributed by atoms with E-state index in [1.807, 2.05) is 0 Å². The molecule has 0 aliphatic rings. The van der Waals surface area contributed by atoms with E-state index in [-0.39, 0.29) is 18.5 Å². The Hall–Kier alpha value is -1.63. The van der Waals surface area contributed by atoms with Gasteiger partial charge in [0.25, 0.3) is 0 Å². The van der Waals surface area contributed by atoms with Crippen LogP contribution in [0.4, 0.5) is 0 Å². The van der Waals surface area contributed by atoms with Gasteiger partial charge < -0.3 is 21.7 Å². The van der Waals surface area contributed by atoms with Gasteiger partial charge in [-0.05, 0) is 13.3 Å². The van der Waals surface area contributed by atoms with Crippen LogP contribution in [-0.4, -0.2) is 34.1 Å². The number of hydrogen-bond acceptors (Lipinski definition) is 4. The molecule has 0 aromatic heterocycles. The van der Waals surface area contributed by atoms with Crippen LogP contribution in [-0.2, 0) is 14.4 Å². The van der Waals surface area contributed by atoms with Crippen molar-refractivity contribution >= 4 is 17.8 Å². The molecule has 0 radical (unpaired) electrons. The van der Waals surface area contributed by atoms with Crippen LogP contribution < -0.4 is 11.5 Å². The standard InChI is InChI=1S/C15H29NO3.C3H6O2.H3N/c1-3-4-5-6-7-8-9-10-11-12-14(17)16-13(2)15(18)19;1-2-3(4)5;/h13H,3-12H2,1-2H3,(H,16,17)(H,18,19);2H2,1H3,(H,4,5);1H3. The maximum Gasteiger partial charge on any atom is 0.325 e. The topological polar surface area (TPSA) is 139 Å². The van der Waals surface area contributed by atoms with E-state index in [2.05, 4.69) is 12.2 Å². The molecule has 1 amide bonds. The van der Waals surface area contributed by atoms with Crippen LogP contribution in [0.1, 0.15) is 91.4 Å². The van der Waals surface area contributed by atoms with E-state index in [1.165, 1.54) is 51.9 Å². The Morgan fingerprint density at radius 2 is 1.24 bits per heavy atom. The first kappa shape index (κ1) is 28.2. The average molecular weight is 363 g/mol. The summed E-state index contributed by atoms with van der Waals surface area (Å²) in [6.07, 6.45) is 11.6. The van der Waals surface area contributed by atoms with Gasteiger partial charge in [-0.15, -0.1) is 0 Å². The summed E-state index contributed by atoms with van der Waals surface area (Å²) in [5, 5.41) is 18.8. The van der Waals surface area contributed by atoms with Crippen LogP contribution in [0.3, 0.4) is 0 Å². The lowest BCUT2D eigenvalue weighted by Crippen LogP contribution is -2.38. The highest BCUT2D eigenvalue weighted by Gasteiger charge is 2.12. The van der Waals surface area contributed by atoms with E-state index in [9.17, 15) is 14.4 Å². The number of rotatable bonds is 13. The second-order valence-electron chi connectivity index (χ2n) is 5.95. The van der Waals surface area contributed by atoms with Gasteiger partial charge in [0.15, 0.2) is 0 Å². The van der Waals surface area contributed by atoms with Gasteiger partial charge in [-0.3, -0.25) is 14.4 Å². The fourth-order valence-electron chi connectivity index (χ4n) is 1.97. The zero-order valence-electron chi connectivity index (χ0n) is 16.2. The molecule has 0 saturated carbocycles. The summed E-state index contributed by atoms with van der Waals surface area (Å²) in [4.78, 5) is 31.3. The second kappa shape index (κ2) is 20.4. The normalized spacial score (nSPS) is 10.7. The summed E-state index contributed by atoms with van der Waals surface area (Å²) in [6.45, 7) is 5.30. The first-order valence-corrected chi connectivity index (χ1v) is 9.09. The van der Waals surface area contributed by atoms with Gasteiger partial charge in [0, 0.05) is 12.8 Å². The minimum atomic E-state index is -0.986. The van der Waals surface area contributed by atoms with Gasteiger partial charge in [-0.25, -0.2) is 0 Å². The summed E-state index contributed by atoms with van der Waals surface area (Å²) in [5.74, 6) is -1.89. The molecule has 1 atom stereocenters. The highest BCUT2D eigenvalue weighted by atomic mass is 16.4. The van der Waals surface area contributed by atoms with Crippen molar-refractivity contribution in [2.75, 3.05) is 0 Å². The molecule has 0 spiro atoms. The fourth-order valence-corrected chi connectivity index (χ4v) is 1.97. The van der Waals surface area contributed by atoms with Crippen LogP contribution in [0.5, 0.6) is 0 Å². The molecule has 150 valence electrons. The summed E-state index contributed by atoms with van der Waals surface area (Å²) in [5.41, 5.74) is 0. The number of carboxylic acid groups (broad SMARTS) is 2. The van der Waals surface area contributed by atoms with E-state index in [0.717, 1.165) is 12.8 Å². The van der Waals surface area contributed by atoms with Crippen LogP contribution in [0.2, 0.25) is 0 Å². The van der Waals surface area contributed by atoms with Gasteiger partial charge in [-0.2, -0.15) is 0 Å². The molecule has 0 heterocycles. The number of carbonyl (C=O) groups is 3. The van der Waals surface area contributed by atoms with E-state index < -0.39 is 18.0 Å². The number of carboxylic acids is 2. The van der Waals surface area contributed by atoms with Crippen LogP contribution in [0.15, 0.2) is 0 Å². The molecular weight excluding hydrogens is 324 g/mol. The first-order valence-electron chi connectivity index (χ1n) is 9.09. The van der Waals surface area contributed by atoms with Crippen molar-refractivity contribution in [2.45, 2.75) is 97.4 Å². The fraction of sp³-hybridized carbons (Fsp3) is 0.833. The highest BCUT2D eigenvalue weighted by Crippen LogP contribution is 2.10. The molecule has 0 saturated heterocycles. The largest absolute Gasteiger partial charge is 0.481 e. The predicted octanol–water partition coefficient (Wildman–Crippen LogP) is 4.14. The van der Waals surface area contributed by atoms with Crippen LogP contribution in [0, 0.1) is 0 Å². The average Bonchev–Trinajstić information content (AvgIpc) is 2.53. The van der Waals surface area contributed by atoms with Crippen molar-refractivity contribution in [3.63, 3.8) is 0 Å². The van der Waals surface area contributed by atoms with Gasteiger partial charge in [-0.1, -0.05) is 65.2 Å². The predicted molar refractivity (Wildman–Crippen MR) is 100 cm³/mol. The molecule has 25 heavy (non-hydrogen) atoms. The van der Waals surface area contributed by atoms with Gasteiger partial charge in [0.1, 0.15) is 6.04 Å². The highest BCUT2D eigenvalue weighted by molar-refractivity contribution is 5.83. The molecule has 0 aliphatic heterocycles. The van der Waals surface area contributed by atoms with Gasteiger partial charge in [0.05, 0.1) is 0 Å². The van der Waals surface area contributed by atoms with Crippen LogP contribution >= 0.6 is 0 Å². The molecule has 0 rings (SSSR count). The summed E-state index contributed by atoms with van der Waals surface area (Å²) < 4.78 is 0. The Morgan fingerprint density at radius 1 is 0.840 bits per heavy atom. The number of amides is 1. The summed E-state index contributed by atoms with van der Waals surface area (Å²) in [6, 6.07) is -0.786. The Labute approximate surface area is 152 Å². The lowest BCUT2D eigenvalue weighted by molar-refractivity contribution is -0.141. The van der Waals surface area contributed by atoms with Crippen LogP contribution in [0.25, 0.3) is 0 Å². The molecule has 7 heteroatoms. The van der Waals surface area contributed by atoms with Crippen molar-refractivity contribution in [1.82, 2.24) is 11.5 Å². The van der Waals surface area contributed by atoms with Crippen molar-refractivity contribution in [3.05, 3.63) is 0 Å². The molecule has 6 N–H and O–H groups in total. The third-order valence-electron chi connectivity index (χ3n) is 3.56. The smallest absolute Gasteiger partial charge is 0.325 e. The van der Waals surface area contributed by atoms with Crippen molar-refractivity contribution in [3.8, 4) is 0 Å². The van der Waals surface area contributed by atoms with Gasteiger partial charge in [0.2, 0.25) is 5.91 Å². The quantitative estimate of drug-likeness (QED) is 0.363.